The van der Waals surface area contributed by atoms with Gasteiger partial charge >= 0.3 is 0 Å². The van der Waals surface area contributed by atoms with Crippen LogP contribution in [0.1, 0.15) is 99.4 Å². The third-order valence-electron chi connectivity index (χ3n) is 9.66. The van der Waals surface area contributed by atoms with Gasteiger partial charge in [0.1, 0.15) is 6.04 Å². The van der Waals surface area contributed by atoms with Crippen LogP contribution in [0, 0.1) is 17.8 Å². The number of thioether (sulfide) groups is 1. The molecular weight excluding hydrogens is 482 g/mol. The van der Waals surface area contributed by atoms with Gasteiger partial charge in [-0.15, -0.1) is 11.8 Å². The lowest BCUT2D eigenvalue weighted by Gasteiger charge is -2.57. The fraction of sp³-hybridized carbons (Fsp3) is 0.700. The average molecular weight is 524 g/mol. The molecule has 200 valence electrons. The molecule has 2 aliphatic heterocycles. The summed E-state index contributed by atoms with van der Waals surface area (Å²) in [5, 5.41) is 6.42. The molecule has 5 fully saturated rings. The van der Waals surface area contributed by atoms with E-state index in [1.54, 1.807) is 4.90 Å². The number of hydrogen-bond acceptors (Lipinski definition) is 5. The molecule has 2 N–H and O–H groups in total. The van der Waals surface area contributed by atoms with Crippen LogP contribution in [0.2, 0.25) is 0 Å². The number of imide groups is 1. The Morgan fingerprint density at radius 1 is 0.946 bits per heavy atom. The molecule has 1 atom stereocenters. The van der Waals surface area contributed by atoms with Crippen LogP contribution in [0.25, 0.3) is 0 Å². The van der Waals surface area contributed by atoms with E-state index in [2.05, 4.69) is 16.7 Å². The van der Waals surface area contributed by atoms with Gasteiger partial charge in [0.25, 0.3) is 5.91 Å². The average Bonchev–Trinajstić information content (AvgIpc) is 3.19. The van der Waals surface area contributed by atoms with Gasteiger partial charge in [0.15, 0.2) is 0 Å². The first kappa shape index (κ1) is 25.4. The second-order valence-electron chi connectivity index (χ2n) is 12.4. The van der Waals surface area contributed by atoms with Crippen molar-refractivity contribution in [2.75, 3.05) is 12.3 Å². The highest BCUT2D eigenvalue weighted by atomic mass is 32.2. The Bertz CT molecular complexity index is 1020. The molecule has 1 saturated heterocycles. The van der Waals surface area contributed by atoms with E-state index in [1.807, 2.05) is 23.9 Å². The van der Waals surface area contributed by atoms with Crippen molar-refractivity contribution in [1.29, 1.82) is 0 Å². The molecule has 7 rings (SSSR count). The van der Waals surface area contributed by atoms with Crippen LogP contribution in [-0.4, -0.2) is 46.5 Å². The lowest BCUT2D eigenvalue weighted by molar-refractivity contribution is -0.136. The first-order chi connectivity index (χ1) is 18.0. The number of nitrogens with zero attached hydrogens (tertiary/aromatic N) is 1. The van der Waals surface area contributed by atoms with E-state index in [9.17, 15) is 14.4 Å². The number of amides is 3. The van der Waals surface area contributed by atoms with Crippen molar-refractivity contribution in [2.24, 2.45) is 17.8 Å². The molecule has 37 heavy (non-hydrogen) atoms. The molecule has 2 heterocycles. The number of piperidine rings is 1. The molecule has 0 spiro atoms. The van der Waals surface area contributed by atoms with Gasteiger partial charge in [-0.1, -0.05) is 25.3 Å². The van der Waals surface area contributed by atoms with E-state index < -0.39 is 6.04 Å². The van der Waals surface area contributed by atoms with Gasteiger partial charge in [0.05, 0.1) is 0 Å². The Morgan fingerprint density at radius 2 is 1.65 bits per heavy atom. The van der Waals surface area contributed by atoms with Crippen LogP contribution in [0.5, 0.6) is 0 Å². The SMILES string of the molecule is O=C1CC[C@H](N2Cc3c(SCCCCCCCNC45CC6CC(CC(C6)C4)C5)cccc3C2=O)C(=O)N1. The van der Waals surface area contributed by atoms with E-state index in [0.29, 0.717) is 24.1 Å². The quantitative estimate of drug-likeness (QED) is 0.241. The molecule has 4 bridgehead atoms. The summed E-state index contributed by atoms with van der Waals surface area (Å²) in [6.45, 7) is 1.65. The Labute approximate surface area is 225 Å². The number of fused-ring (bicyclic) bond motifs is 1. The fourth-order valence-electron chi connectivity index (χ4n) is 8.31. The highest BCUT2D eigenvalue weighted by molar-refractivity contribution is 7.99. The van der Waals surface area contributed by atoms with Crippen molar-refractivity contribution < 1.29 is 14.4 Å². The van der Waals surface area contributed by atoms with Gasteiger partial charge in [-0.2, -0.15) is 0 Å². The second kappa shape index (κ2) is 10.7. The lowest BCUT2D eigenvalue weighted by atomic mass is 9.53. The van der Waals surface area contributed by atoms with Gasteiger partial charge < -0.3 is 10.2 Å². The second-order valence-corrected chi connectivity index (χ2v) is 13.6. The van der Waals surface area contributed by atoms with Crippen molar-refractivity contribution in [3.05, 3.63) is 29.3 Å². The van der Waals surface area contributed by atoms with E-state index in [1.165, 1.54) is 77.2 Å². The largest absolute Gasteiger partial charge is 0.322 e. The van der Waals surface area contributed by atoms with Crippen molar-refractivity contribution in [1.82, 2.24) is 15.5 Å². The summed E-state index contributed by atoms with van der Waals surface area (Å²) in [5.74, 6) is 3.41. The molecule has 6 nitrogen and oxygen atoms in total. The summed E-state index contributed by atoms with van der Waals surface area (Å²) in [6, 6.07) is 5.36. The molecular formula is C30H41N3O3S. The summed E-state index contributed by atoms with van der Waals surface area (Å²) < 4.78 is 0. The van der Waals surface area contributed by atoms with Gasteiger partial charge in [0.2, 0.25) is 11.8 Å². The molecule has 6 aliphatic rings. The summed E-state index contributed by atoms with van der Waals surface area (Å²) in [5.41, 5.74) is 2.25. The van der Waals surface area contributed by atoms with Crippen molar-refractivity contribution in [2.45, 2.75) is 106 Å². The third-order valence-corrected chi connectivity index (χ3v) is 10.8. The zero-order valence-corrected chi connectivity index (χ0v) is 22.8. The smallest absolute Gasteiger partial charge is 0.255 e. The number of hydrogen-bond donors (Lipinski definition) is 2. The van der Waals surface area contributed by atoms with Crippen LogP contribution in [0.4, 0.5) is 0 Å². The number of nitrogens with one attached hydrogen (secondary N) is 2. The highest BCUT2D eigenvalue weighted by Gasteiger charge is 2.50. The molecule has 4 saturated carbocycles. The van der Waals surface area contributed by atoms with E-state index in [0.717, 1.165) is 34.0 Å². The van der Waals surface area contributed by atoms with Gasteiger partial charge in [-0.25, -0.2) is 0 Å². The topological polar surface area (TPSA) is 78.5 Å². The maximum Gasteiger partial charge on any atom is 0.255 e. The number of carbonyl (C=O) groups is 3. The van der Waals surface area contributed by atoms with Crippen molar-refractivity contribution in [3.63, 3.8) is 0 Å². The fourth-order valence-corrected chi connectivity index (χ4v) is 9.40. The first-order valence-corrected chi connectivity index (χ1v) is 15.6. The maximum atomic E-state index is 13.0. The van der Waals surface area contributed by atoms with Crippen LogP contribution < -0.4 is 10.6 Å². The Balaban J connectivity index is 0.896. The first-order valence-electron chi connectivity index (χ1n) is 14.6. The molecule has 1 aromatic rings. The van der Waals surface area contributed by atoms with Gasteiger partial charge in [-0.3, -0.25) is 19.7 Å². The van der Waals surface area contributed by atoms with E-state index >= 15 is 0 Å². The minimum absolute atomic E-state index is 0.0888. The minimum Gasteiger partial charge on any atom is -0.322 e. The Hall–Kier alpha value is -1.86. The number of rotatable bonds is 11. The number of benzene rings is 1. The van der Waals surface area contributed by atoms with Crippen molar-refractivity contribution >= 4 is 29.5 Å². The maximum absolute atomic E-state index is 13.0. The van der Waals surface area contributed by atoms with E-state index in [-0.39, 0.29) is 24.1 Å². The van der Waals surface area contributed by atoms with Crippen LogP contribution in [-0.2, 0) is 16.1 Å². The van der Waals surface area contributed by atoms with Crippen molar-refractivity contribution in [3.8, 4) is 0 Å². The Morgan fingerprint density at radius 3 is 2.38 bits per heavy atom. The molecule has 0 aromatic heterocycles. The van der Waals surface area contributed by atoms with E-state index in [4.69, 9.17) is 0 Å². The Kier molecular flexibility index (Phi) is 7.37. The monoisotopic (exact) mass is 523 g/mol. The lowest BCUT2D eigenvalue weighted by Crippen LogP contribution is -2.58. The predicted molar refractivity (Wildman–Crippen MR) is 145 cm³/mol. The third kappa shape index (κ3) is 5.36. The minimum atomic E-state index is -0.548. The highest BCUT2D eigenvalue weighted by Crippen LogP contribution is 2.55. The summed E-state index contributed by atoms with van der Waals surface area (Å²) >= 11 is 1.83. The normalized spacial score (nSPS) is 32.2. The van der Waals surface area contributed by atoms with Gasteiger partial charge in [0, 0.05) is 29.0 Å². The number of unbranched alkanes of at least 4 members (excludes halogenated alkanes) is 4. The molecule has 4 aliphatic carbocycles. The summed E-state index contributed by atoms with van der Waals surface area (Å²) in [7, 11) is 0. The van der Waals surface area contributed by atoms with Crippen LogP contribution in [0.15, 0.2) is 23.1 Å². The van der Waals surface area contributed by atoms with Gasteiger partial charge in [-0.05, 0) is 106 Å². The standard InChI is InChI=1S/C30H41N3O3S/c34-27-10-9-25(28(35)32-27)33-19-24-23(29(33)36)7-6-8-26(24)37-12-5-3-1-2-4-11-31-30-16-20-13-21(17-30)15-22(14-20)18-30/h6-8,20-22,25,31H,1-5,9-19H2,(H,32,34,35)/t20?,21?,22?,25-,30?/m0/s1. The predicted octanol–water partition coefficient (Wildman–Crippen LogP) is 5.05. The molecule has 1 aromatic carbocycles. The molecule has 0 unspecified atom stereocenters. The molecule has 7 heteroatoms. The summed E-state index contributed by atoms with van der Waals surface area (Å²) in [4.78, 5) is 39.6. The number of carbonyl (C=O) groups excluding carboxylic acids is 3. The zero-order valence-electron chi connectivity index (χ0n) is 21.9. The molecule has 0 radical (unpaired) electrons. The van der Waals surface area contributed by atoms with Crippen LogP contribution in [0.3, 0.4) is 0 Å². The molecule has 3 amide bonds. The zero-order chi connectivity index (χ0) is 25.4. The van der Waals surface area contributed by atoms with Crippen LogP contribution >= 0.6 is 11.8 Å². The summed E-state index contributed by atoms with van der Waals surface area (Å²) in [6.07, 6.45) is 15.9.